The van der Waals surface area contributed by atoms with Gasteiger partial charge in [-0.3, -0.25) is 14.3 Å². The maximum absolute atomic E-state index is 13.1. The van der Waals surface area contributed by atoms with E-state index in [0.717, 1.165) is 24.0 Å². The fourth-order valence-corrected chi connectivity index (χ4v) is 3.75. The van der Waals surface area contributed by atoms with Crippen molar-refractivity contribution in [1.29, 1.82) is 0 Å². The second kappa shape index (κ2) is 7.36. The molecule has 2 aromatic heterocycles. The highest BCUT2D eigenvalue weighted by Crippen LogP contribution is 2.31. The van der Waals surface area contributed by atoms with Crippen LogP contribution >= 0.6 is 11.3 Å². The number of benzene rings is 1. The normalized spacial score (nSPS) is 13.5. The molecule has 0 radical (unpaired) electrons. The molecule has 0 atom stereocenters. The van der Waals surface area contributed by atoms with E-state index in [1.807, 2.05) is 34.5 Å². The van der Waals surface area contributed by atoms with Crippen molar-refractivity contribution in [3.63, 3.8) is 0 Å². The van der Waals surface area contributed by atoms with Crippen molar-refractivity contribution in [2.45, 2.75) is 32.0 Å². The van der Waals surface area contributed by atoms with E-state index in [1.165, 1.54) is 10.2 Å². The van der Waals surface area contributed by atoms with Crippen molar-refractivity contribution in [3.8, 4) is 11.1 Å². The number of thiophene rings is 1. The smallest absolute Gasteiger partial charge is 0.254 e. The zero-order valence-corrected chi connectivity index (χ0v) is 15.6. The fourth-order valence-electron chi connectivity index (χ4n) is 3.09. The van der Waals surface area contributed by atoms with Gasteiger partial charge in [0.1, 0.15) is 6.54 Å². The summed E-state index contributed by atoms with van der Waals surface area (Å²) < 4.78 is 1.50. The summed E-state index contributed by atoms with van der Waals surface area (Å²) in [6.45, 7) is 0.683. The highest BCUT2D eigenvalue weighted by atomic mass is 32.1. The van der Waals surface area contributed by atoms with Crippen LogP contribution in [0.2, 0.25) is 0 Å². The number of nitrogens with two attached hydrogens (primary N) is 1. The Hall–Kier alpha value is -2.93. The van der Waals surface area contributed by atoms with Gasteiger partial charge in [0.25, 0.3) is 5.91 Å². The molecule has 1 aromatic carbocycles. The number of carbonyl (C=O) groups is 2. The van der Waals surface area contributed by atoms with Crippen LogP contribution in [-0.2, 0) is 17.9 Å². The molecule has 1 fully saturated rings. The lowest BCUT2D eigenvalue weighted by molar-refractivity contribution is -0.118. The van der Waals surface area contributed by atoms with Crippen molar-refractivity contribution in [2.24, 2.45) is 5.73 Å². The first-order valence-corrected chi connectivity index (χ1v) is 9.77. The average Bonchev–Trinajstić information content (AvgIpc) is 3.16. The Morgan fingerprint density at radius 1 is 1.26 bits per heavy atom. The summed E-state index contributed by atoms with van der Waals surface area (Å²) in [5.41, 5.74) is 8.79. The Morgan fingerprint density at radius 3 is 2.81 bits per heavy atom. The topological polar surface area (TPSA) is 81.2 Å². The first kappa shape index (κ1) is 17.5. The zero-order chi connectivity index (χ0) is 18.8. The number of primary amides is 1. The third-order valence-electron chi connectivity index (χ3n) is 4.58. The Morgan fingerprint density at radius 2 is 2.11 bits per heavy atom. The lowest BCUT2D eigenvalue weighted by Crippen LogP contribution is -2.32. The number of hydrogen-bond donors (Lipinski definition) is 1. The van der Waals surface area contributed by atoms with Crippen LogP contribution in [0, 0.1) is 0 Å². The molecule has 1 aliphatic rings. The van der Waals surface area contributed by atoms with Gasteiger partial charge >= 0.3 is 0 Å². The molecule has 2 N–H and O–H groups in total. The van der Waals surface area contributed by atoms with Crippen LogP contribution in [0.4, 0.5) is 0 Å². The molecule has 1 saturated carbocycles. The van der Waals surface area contributed by atoms with Gasteiger partial charge in [0, 0.05) is 29.9 Å². The van der Waals surface area contributed by atoms with Gasteiger partial charge in [-0.15, -0.1) is 0 Å². The maximum atomic E-state index is 13.1. The predicted octanol–water partition coefficient (Wildman–Crippen LogP) is 2.90. The zero-order valence-electron chi connectivity index (χ0n) is 14.7. The van der Waals surface area contributed by atoms with Crippen LogP contribution in [0.5, 0.6) is 0 Å². The first-order valence-electron chi connectivity index (χ1n) is 8.83. The summed E-state index contributed by atoms with van der Waals surface area (Å²) in [4.78, 5) is 26.1. The van der Waals surface area contributed by atoms with E-state index in [4.69, 9.17) is 5.73 Å². The Labute approximate surface area is 161 Å². The number of rotatable bonds is 7. The van der Waals surface area contributed by atoms with Crippen LogP contribution in [-0.4, -0.2) is 32.5 Å². The molecular formula is C20H20N4O2S. The fraction of sp³-hybridized carbons (Fsp3) is 0.250. The largest absolute Gasteiger partial charge is 0.368 e. The van der Waals surface area contributed by atoms with Crippen molar-refractivity contribution >= 4 is 23.2 Å². The summed E-state index contributed by atoms with van der Waals surface area (Å²) >= 11 is 1.65. The van der Waals surface area contributed by atoms with Gasteiger partial charge in [0.05, 0.1) is 6.20 Å². The molecule has 0 aliphatic heterocycles. The first-order chi connectivity index (χ1) is 13.1. The average molecular weight is 380 g/mol. The lowest BCUT2D eigenvalue weighted by atomic mass is 10.1. The van der Waals surface area contributed by atoms with Crippen molar-refractivity contribution < 1.29 is 9.59 Å². The molecule has 2 amide bonds. The second-order valence-corrected chi connectivity index (χ2v) is 7.55. The van der Waals surface area contributed by atoms with Gasteiger partial charge in [-0.1, -0.05) is 12.1 Å². The second-order valence-electron chi connectivity index (χ2n) is 6.77. The van der Waals surface area contributed by atoms with Crippen LogP contribution in [0.25, 0.3) is 11.1 Å². The molecular weight excluding hydrogens is 360 g/mol. The number of nitrogens with zero attached hydrogens (tertiary/aromatic N) is 3. The quantitative estimate of drug-likeness (QED) is 0.684. The third kappa shape index (κ3) is 4.09. The van der Waals surface area contributed by atoms with Crippen LogP contribution in [0.3, 0.4) is 0 Å². The summed E-state index contributed by atoms with van der Waals surface area (Å²) in [5, 5.41) is 8.28. The minimum absolute atomic E-state index is 0.0364. The highest BCUT2D eigenvalue weighted by Gasteiger charge is 2.33. The minimum Gasteiger partial charge on any atom is -0.368 e. The number of hydrogen-bond acceptors (Lipinski definition) is 4. The van der Waals surface area contributed by atoms with E-state index >= 15 is 0 Å². The molecule has 0 unspecified atom stereocenters. The van der Waals surface area contributed by atoms with Crippen molar-refractivity contribution in [1.82, 2.24) is 14.7 Å². The standard InChI is InChI=1S/C20H20N4O2S/c21-19(25)12-23-11-17(9-22-23)15-2-1-3-16(8-15)20(26)24(18-4-5-18)10-14-6-7-27-13-14/h1-3,6-9,11,13,18H,4-5,10,12H2,(H2,21,25). The molecule has 0 bridgehead atoms. The van der Waals surface area contributed by atoms with E-state index in [0.29, 0.717) is 18.2 Å². The summed E-state index contributed by atoms with van der Waals surface area (Å²) in [7, 11) is 0. The molecule has 4 rings (SSSR count). The van der Waals surface area contributed by atoms with Gasteiger partial charge in [-0.05, 0) is 52.9 Å². The van der Waals surface area contributed by atoms with Crippen LogP contribution in [0.1, 0.15) is 28.8 Å². The molecule has 27 heavy (non-hydrogen) atoms. The van der Waals surface area contributed by atoms with Gasteiger partial charge in [-0.2, -0.15) is 16.4 Å². The van der Waals surface area contributed by atoms with E-state index in [9.17, 15) is 9.59 Å². The Bertz CT molecular complexity index is 960. The van der Waals surface area contributed by atoms with Gasteiger partial charge in [0.2, 0.25) is 5.91 Å². The summed E-state index contributed by atoms with van der Waals surface area (Å²) in [5.74, 6) is -0.392. The molecule has 138 valence electrons. The van der Waals surface area contributed by atoms with Gasteiger partial charge < -0.3 is 10.6 Å². The molecule has 2 heterocycles. The van der Waals surface area contributed by atoms with E-state index in [1.54, 1.807) is 23.7 Å². The van der Waals surface area contributed by atoms with Crippen LogP contribution in [0.15, 0.2) is 53.5 Å². The lowest BCUT2D eigenvalue weighted by Gasteiger charge is -2.22. The van der Waals surface area contributed by atoms with E-state index < -0.39 is 5.91 Å². The Kier molecular flexibility index (Phi) is 4.77. The number of carbonyl (C=O) groups excluding carboxylic acids is 2. The Balaban J connectivity index is 1.56. The highest BCUT2D eigenvalue weighted by molar-refractivity contribution is 7.07. The SMILES string of the molecule is NC(=O)Cn1cc(-c2cccc(C(=O)N(Cc3ccsc3)C3CC3)c2)cn1. The molecule has 1 aliphatic carbocycles. The van der Waals surface area contributed by atoms with E-state index in [2.05, 4.69) is 16.5 Å². The third-order valence-corrected chi connectivity index (χ3v) is 5.31. The van der Waals surface area contributed by atoms with Crippen molar-refractivity contribution in [2.75, 3.05) is 0 Å². The van der Waals surface area contributed by atoms with Gasteiger partial charge in [-0.25, -0.2) is 0 Å². The molecule has 0 spiro atoms. The monoisotopic (exact) mass is 380 g/mol. The maximum Gasteiger partial charge on any atom is 0.254 e. The number of amides is 2. The molecule has 6 nitrogen and oxygen atoms in total. The molecule has 7 heteroatoms. The number of aromatic nitrogens is 2. The molecule has 0 saturated heterocycles. The molecule has 3 aromatic rings. The summed E-state index contributed by atoms with van der Waals surface area (Å²) in [6.07, 6.45) is 5.57. The van der Waals surface area contributed by atoms with E-state index in [-0.39, 0.29) is 12.5 Å². The minimum atomic E-state index is -0.443. The summed E-state index contributed by atoms with van der Waals surface area (Å²) in [6, 6.07) is 9.95. The van der Waals surface area contributed by atoms with Crippen molar-refractivity contribution in [3.05, 3.63) is 64.6 Å². The van der Waals surface area contributed by atoms with Crippen LogP contribution < -0.4 is 5.73 Å². The predicted molar refractivity (Wildman–Crippen MR) is 104 cm³/mol. The van der Waals surface area contributed by atoms with Gasteiger partial charge in [0.15, 0.2) is 0 Å².